The van der Waals surface area contributed by atoms with E-state index in [-0.39, 0.29) is 29.0 Å². The molecule has 0 aliphatic carbocycles. The molecule has 1 aromatic carbocycles. The lowest BCUT2D eigenvalue weighted by Gasteiger charge is -2.31. The van der Waals surface area contributed by atoms with E-state index in [0.717, 1.165) is 29.8 Å². The van der Waals surface area contributed by atoms with E-state index in [4.69, 9.17) is 4.52 Å². The van der Waals surface area contributed by atoms with Gasteiger partial charge in [0.1, 0.15) is 10.6 Å². The Morgan fingerprint density at radius 3 is 2.65 bits per heavy atom. The fourth-order valence-electron chi connectivity index (χ4n) is 4.44. The zero-order chi connectivity index (χ0) is 24.3. The van der Waals surface area contributed by atoms with Crippen LogP contribution < -0.4 is 5.32 Å². The van der Waals surface area contributed by atoms with E-state index in [2.05, 4.69) is 15.6 Å². The fraction of sp³-hybridized carbons (Fsp3) is 0.458. The van der Waals surface area contributed by atoms with Gasteiger partial charge in [0, 0.05) is 25.8 Å². The number of rotatable bonds is 8. The Morgan fingerprint density at radius 1 is 1.18 bits per heavy atom. The number of carbonyl (C=O) groups excluding carboxylic acids is 1. The quantitative estimate of drug-likeness (QED) is 0.491. The van der Waals surface area contributed by atoms with Crippen LogP contribution in [-0.2, 0) is 21.2 Å². The first-order valence-electron chi connectivity index (χ1n) is 11.6. The molecule has 2 aromatic heterocycles. The number of amides is 1. The van der Waals surface area contributed by atoms with Crippen LogP contribution in [-0.4, -0.2) is 53.2 Å². The van der Waals surface area contributed by atoms with Crippen molar-refractivity contribution in [3.8, 4) is 5.69 Å². The van der Waals surface area contributed by atoms with Crippen LogP contribution in [0, 0.1) is 26.7 Å². The highest BCUT2D eigenvalue weighted by molar-refractivity contribution is 7.89. The molecule has 0 radical (unpaired) electrons. The summed E-state index contributed by atoms with van der Waals surface area (Å²) < 4.78 is 34.5. The number of aromatic nitrogens is 3. The SMILES string of the molecule is Cc1nn(-c2ccccc2)cc1CCCNC(=O)C1CCCN(S(=O)(=O)c2c(C)noc2C)C1. The van der Waals surface area contributed by atoms with Crippen molar-refractivity contribution in [2.24, 2.45) is 5.92 Å². The molecule has 1 N–H and O–H groups in total. The molecule has 3 aromatic rings. The highest BCUT2D eigenvalue weighted by atomic mass is 32.2. The standard InChI is InChI=1S/C24H31N5O4S/c1-17-20(16-29(26-17)22-11-5-4-6-12-22)9-7-13-25-24(30)21-10-8-14-28(15-21)34(31,32)23-18(2)27-33-19(23)3/h4-6,11-12,16,21H,7-10,13-15H2,1-3H3,(H,25,30). The van der Waals surface area contributed by atoms with E-state index in [9.17, 15) is 13.2 Å². The number of piperidine rings is 1. The molecule has 1 unspecified atom stereocenters. The third-order valence-electron chi connectivity index (χ3n) is 6.26. The maximum Gasteiger partial charge on any atom is 0.248 e. The van der Waals surface area contributed by atoms with Crippen LogP contribution in [0.15, 0.2) is 45.9 Å². The van der Waals surface area contributed by atoms with E-state index < -0.39 is 10.0 Å². The number of hydrogen-bond acceptors (Lipinski definition) is 6. The second-order valence-electron chi connectivity index (χ2n) is 8.77. The Kier molecular flexibility index (Phi) is 7.18. The Bertz CT molecular complexity index is 1230. The number of benzene rings is 1. The summed E-state index contributed by atoms with van der Waals surface area (Å²) in [5, 5.41) is 11.3. The number of carbonyl (C=O) groups is 1. The van der Waals surface area contributed by atoms with Gasteiger partial charge in [-0.15, -0.1) is 0 Å². The van der Waals surface area contributed by atoms with Gasteiger partial charge in [-0.25, -0.2) is 13.1 Å². The zero-order valence-electron chi connectivity index (χ0n) is 19.8. The second kappa shape index (κ2) is 10.1. The first-order chi connectivity index (χ1) is 16.3. The molecule has 1 aliphatic rings. The zero-order valence-corrected chi connectivity index (χ0v) is 20.6. The van der Waals surface area contributed by atoms with Crippen LogP contribution in [0.5, 0.6) is 0 Å². The number of sulfonamides is 1. The fourth-order valence-corrected chi connectivity index (χ4v) is 6.25. The highest BCUT2D eigenvalue weighted by Gasteiger charge is 2.36. The van der Waals surface area contributed by atoms with Crippen LogP contribution in [0.4, 0.5) is 0 Å². The van der Waals surface area contributed by atoms with Gasteiger partial charge in [0.25, 0.3) is 0 Å². The molecule has 0 saturated carbocycles. The molecule has 3 heterocycles. The Hall–Kier alpha value is -2.98. The maximum absolute atomic E-state index is 13.1. The minimum Gasteiger partial charge on any atom is -0.360 e. The van der Waals surface area contributed by atoms with E-state index in [1.165, 1.54) is 4.31 Å². The van der Waals surface area contributed by atoms with Crippen molar-refractivity contribution in [1.82, 2.24) is 24.6 Å². The summed E-state index contributed by atoms with van der Waals surface area (Å²) in [7, 11) is -3.75. The van der Waals surface area contributed by atoms with Crippen LogP contribution in [0.2, 0.25) is 0 Å². The topological polar surface area (TPSA) is 110 Å². The molecule has 4 rings (SSSR count). The van der Waals surface area contributed by atoms with E-state index in [0.29, 0.717) is 31.6 Å². The van der Waals surface area contributed by atoms with Crippen molar-refractivity contribution in [2.45, 2.75) is 51.3 Å². The minimum atomic E-state index is -3.75. The Labute approximate surface area is 200 Å². The lowest BCUT2D eigenvalue weighted by Crippen LogP contribution is -2.45. The molecule has 1 amide bonds. The normalized spacial score (nSPS) is 17.1. The number of aryl methyl sites for hydroxylation is 4. The average Bonchev–Trinajstić information content (AvgIpc) is 3.38. The van der Waals surface area contributed by atoms with Crippen molar-refractivity contribution in [3.63, 3.8) is 0 Å². The molecule has 1 atom stereocenters. The van der Waals surface area contributed by atoms with Crippen LogP contribution in [0.1, 0.15) is 42.0 Å². The number of hydrogen-bond donors (Lipinski definition) is 1. The Morgan fingerprint density at radius 2 is 1.94 bits per heavy atom. The van der Waals surface area contributed by atoms with Crippen molar-refractivity contribution < 1.29 is 17.7 Å². The third kappa shape index (κ3) is 5.07. The van der Waals surface area contributed by atoms with Crippen molar-refractivity contribution in [3.05, 3.63) is 59.2 Å². The van der Waals surface area contributed by atoms with Crippen LogP contribution >= 0.6 is 0 Å². The summed E-state index contributed by atoms with van der Waals surface area (Å²) in [6.07, 6.45) is 4.92. The summed E-state index contributed by atoms with van der Waals surface area (Å²) in [4.78, 5) is 12.9. The molecular weight excluding hydrogens is 454 g/mol. The summed E-state index contributed by atoms with van der Waals surface area (Å²) in [5.41, 5.74) is 3.48. The van der Waals surface area contributed by atoms with Crippen molar-refractivity contribution in [2.75, 3.05) is 19.6 Å². The highest BCUT2D eigenvalue weighted by Crippen LogP contribution is 2.27. The van der Waals surface area contributed by atoms with Crippen molar-refractivity contribution >= 4 is 15.9 Å². The lowest BCUT2D eigenvalue weighted by atomic mass is 9.99. The van der Waals surface area contributed by atoms with E-state index in [1.807, 2.05) is 48.1 Å². The first-order valence-corrected chi connectivity index (χ1v) is 13.0. The molecule has 10 heteroatoms. The summed E-state index contributed by atoms with van der Waals surface area (Å²) in [6.45, 7) is 6.28. The van der Waals surface area contributed by atoms with Gasteiger partial charge < -0.3 is 9.84 Å². The minimum absolute atomic E-state index is 0.102. The molecule has 0 spiro atoms. The van der Waals surface area contributed by atoms with Gasteiger partial charge in [-0.1, -0.05) is 23.4 Å². The first kappa shape index (κ1) is 24.2. The van der Waals surface area contributed by atoms with Gasteiger partial charge in [-0.2, -0.15) is 9.40 Å². The third-order valence-corrected chi connectivity index (χ3v) is 8.37. The largest absolute Gasteiger partial charge is 0.360 e. The molecule has 9 nitrogen and oxygen atoms in total. The van der Waals surface area contributed by atoms with Crippen LogP contribution in [0.25, 0.3) is 5.69 Å². The van der Waals surface area contributed by atoms with Gasteiger partial charge in [-0.05, 0) is 64.2 Å². The molecule has 182 valence electrons. The summed E-state index contributed by atoms with van der Waals surface area (Å²) in [5.74, 6) is -0.197. The summed E-state index contributed by atoms with van der Waals surface area (Å²) in [6, 6.07) is 9.95. The van der Waals surface area contributed by atoms with Gasteiger partial charge in [-0.3, -0.25) is 4.79 Å². The monoisotopic (exact) mass is 485 g/mol. The van der Waals surface area contributed by atoms with E-state index in [1.54, 1.807) is 13.8 Å². The van der Waals surface area contributed by atoms with Gasteiger partial charge in [0.2, 0.25) is 15.9 Å². The molecule has 1 fully saturated rings. The average molecular weight is 486 g/mol. The van der Waals surface area contributed by atoms with Crippen LogP contribution in [0.3, 0.4) is 0 Å². The maximum atomic E-state index is 13.1. The molecule has 0 bridgehead atoms. The Balaban J connectivity index is 1.30. The predicted octanol–water partition coefficient (Wildman–Crippen LogP) is 2.94. The van der Waals surface area contributed by atoms with Gasteiger partial charge in [0.05, 0.1) is 17.3 Å². The molecule has 34 heavy (non-hydrogen) atoms. The molecule has 1 saturated heterocycles. The second-order valence-corrected chi connectivity index (χ2v) is 10.6. The number of para-hydroxylation sites is 1. The molecular formula is C24H31N5O4S. The van der Waals surface area contributed by atoms with Crippen molar-refractivity contribution in [1.29, 1.82) is 0 Å². The predicted molar refractivity (Wildman–Crippen MR) is 127 cm³/mol. The number of nitrogens with one attached hydrogen (secondary N) is 1. The number of nitrogens with zero attached hydrogens (tertiary/aromatic N) is 4. The molecule has 1 aliphatic heterocycles. The summed E-state index contributed by atoms with van der Waals surface area (Å²) >= 11 is 0. The smallest absolute Gasteiger partial charge is 0.248 e. The van der Waals surface area contributed by atoms with Gasteiger partial charge >= 0.3 is 0 Å². The van der Waals surface area contributed by atoms with Gasteiger partial charge in [0.15, 0.2) is 5.76 Å². The van der Waals surface area contributed by atoms with E-state index >= 15 is 0 Å². The lowest BCUT2D eigenvalue weighted by molar-refractivity contribution is -0.126.